The smallest absolute Gasteiger partial charge is 0.170 e. The summed E-state index contributed by atoms with van der Waals surface area (Å²) >= 11 is 7.64. The fourth-order valence-electron chi connectivity index (χ4n) is 2.05. The lowest BCUT2D eigenvalue weighted by Gasteiger charge is -2.26. The molecule has 4 nitrogen and oxygen atoms in total. The van der Waals surface area contributed by atoms with Gasteiger partial charge in [-0.2, -0.15) is 0 Å². The minimum absolute atomic E-state index is 0.680. The predicted octanol–water partition coefficient (Wildman–Crippen LogP) is 2.22. The van der Waals surface area contributed by atoms with Gasteiger partial charge in [0.05, 0.1) is 13.2 Å². The van der Waals surface area contributed by atoms with Crippen LogP contribution in [-0.2, 0) is 4.74 Å². The van der Waals surface area contributed by atoms with E-state index in [9.17, 15) is 0 Å². The van der Waals surface area contributed by atoms with Gasteiger partial charge in [0.15, 0.2) is 5.11 Å². The normalized spacial score (nSPS) is 15.9. The third-order valence-corrected chi connectivity index (χ3v) is 4.69. The Morgan fingerprint density at radius 1 is 1.40 bits per heavy atom. The van der Waals surface area contributed by atoms with Gasteiger partial charge in [0.25, 0.3) is 0 Å². The molecule has 0 radical (unpaired) electrons. The van der Waals surface area contributed by atoms with Gasteiger partial charge in [-0.05, 0) is 65.5 Å². The Bertz CT molecular complexity index is 464. The molecular weight excluding hydrogens is 385 g/mol. The van der Waals surface area contributed by atoms with E-state index in [-0.39, 0.29) is 0 Å². The Morgan fingerprint density at radius 3 is 2.85 bits per heavy atom. The number of aryl methyl sites for hydroxylation is 1. The van der Waals surface area contributed by atoms with Crippen molar-refractivity contribution in [3.63, 3.8) is 0 Å². The van der Waals surface area contributed by atoms with Crippen LogP contribution in [0.2, 0.25) is 0 Å². The van der Waals surface area contributed by atoms with Gasteiger partial charge in [0.2, 0.25) is 0 Å². The number of morpholine rings is 1. The molecule has 2 N–H and O–H groups in total. The van der Waals surface area contributed by atoms with Crippen molar-refractivity contribution in [3.05, 3.63) is 27.3 Å². The molecular formula is C14H20IN3OS. The highest BCUT2D eigenvalue weighted by Crippen LogP contribution is 2.16. The van der Waals surface area contributed by atoms with Crippen molar-refractivity contribution in [1.82, 2.24) is 10.2 Å². The molecule has 110 valence electrons. The first kappa shape index (κ1) is 15.9. The quantitative estimate of drug-likeness (QED) is 0.594. The molecule has 1 aliphatic heterocycles. The van der Waals surface area contributed by atoms with Crippen molar-refractivity contribution >= 4 is 45.6 Å². The minimum Gasteiger partial charge on any atom is -0.379 e. The molecule has 6 heteroatoms. The maximum atomic E-state index is 5.33. The number of hydrogen-bond acceptors (Lipinski definition) is 3. The summed E-state index contributed by atoms with van der Waals surface area (Å²) in [6.07, 6.45) is 0. The zero-order chi connectivity index (χ0) is 14.4. The molecule has 0 bridgehead atoms. The maximum Gasteiger partial charge on any atom is 0.170 e. The van der Waals surface area contributed by atoms with Crippen LogP contribution in [0.4, 0.5) is 5.69 Å². The van der Waals surface area contributed by atoms with Crippen LogP contribution in [-0.4, -0.2) is 49.4 Å². The summed E-state index contributed by atoms with van der Waals surface area (Å²) in [5, 5.41) is 7.15. The lowest BCUT2D eigenvalue weighted by atomic mass is 10.2. The third kappa shape index (κ3) is 5.16. The van der Waals surface area contributed by atoms with E-state index in [0.29, 0.717) is 5.11 Å². The van der Waals surface area contributed by atoms with Crippen LogP contribution in [0, 0.1) is 10.5 Å². The molecule has 0 aromatic heterocycles. The van der Waals surface area contributed by atoms with Crippen LogP contribution in [0.1, 0.15) is 5.56 Å². The summed E-state index contributed by atoms with van der Waals surface area (Å²) in [4.78, 5) is 2.38. The zero-order valence-corrected chi connectivity index (χ0v) is 14.6. The first-order chi connectivity index (χ1) is 9.65. The Balaban J connectivity index is 1.70. The lowest BCUT2D eigenvalue weighted by Crippen LogP contribution is -2.42. The SMILES string of the molecule is Cc1cc(NC(=S)NCCN2CCOCC2)ccc1I. The summed E-state index contributed by atoms with van der Waals surface area (Å²) in [6, 6.07) is 6.25. The van der Waals surface area contributed by atoms with Crippen LogP contribution in [0.3, 0.4) is 0 Å². The molecule has 0 unspecified atom stereocenters. The van der Waals surface area contributed by atoms with Gasteiger partial charge in [0, 0.05) is 35.4 Å². The summed E-state index contributed by atoms with van der Waals surface area (Å²) in [7, 11) is 0. The average molecular weight is 405 g/mol. The molecule has 0 atom stereocenters. The number of hydrogen-bond donors (Lipinski definition) is 2. The summed E-state index contributed by atoms with van der Waals surface area (Å²) in [5.41, 5.74) is 2.29. The van der Waals surface area contributed by atoms with Crippen LogP contribution < -0.4 is 10.6 Å². The lowest BCUT2D eigenvalue weighted by molar-refractivity contribution is 0.0389. The number of benzene rings is 1. The second kappa shape index (κ2) is 8.11. The van der Waals surface area contributed by atoms with Crippen LogP contribution in [0.15, 0.2) is 18.2 Å². The van der Waals surface area contributed by atoms with Crippen molar-refractivity contribution in [2.24, 2.45) is 0 Å². The fourth-order valence-corrected chi connectivity index (χ4v) is 2.61. The maximum absolute atomic E-state index is 5.33. The number of thiocarbonyl (C=S) groups is 1. The molecule has 2 rings (SSSR count). The number of anilines is 1. The van der Waals surface area contributed by atoms with E-state index < -0.39 is 0 Å². The fraction of sp³-hybridized carbons (Fsp3) is 0.500. The molecule has 1 heterocycles. The van der Waals surface area contributed by atoms with Gasteiger partial charge in [-0.1, -0.05) is 0 Å². The van der Waals surface area contributed by atoms with Gasteiger partial charge in [0.1, 0.15) is 0 Å². The summed E-state index contributed by atoms with van der Waals surface area (Å²) < 4.78 is 6.59. The Kier molecular flexibility index (Phi) is 6.47. The van der Waals surface area contributed by atoms with Gasteiger partial charge in [-0.15, -0.1) is 0 Å². The highest BCUT2D eigenvalue weighted by molar-refractivity contribution is 14.1. The second-order valence-corrected chi connectivity index (χ2v) is 6.37. The largest absolute Gasteiger partial charge is 0.379 e. The molecule has 0 amide bonds. The van der Waals surface area contributed by atoms with E-state index in [1.807, 2.05) is 6.07 Å². The number of halogens is 1. The average Bonchev–Trinajstić information content (AvgIpc) is 2.44. The van der Waals surface area contributed by atoms with E-state index in [1.165, 1.54) is 9.13 Å². The van der Waals surface area contributed by atoms with Crippen molar-refractivity contribution < 1.29 is 4.74 Å². The van der Waals surface area contributed by atoms with Crippen LogP contribution in [0.5, 0.6) is 0 Å². The minimum atomic E-state index is 0.680. The molecule has 1 aliphatic rings. The standard InChI is InChI=1S/C14H20IN3OS/c1-11-10-12(2-3-13(11)15)17-14(20)16-4-5-18-6-8-19-9-7-18/h2-3,10H,4-9H2,1H3,(H2,16,17,20). The molecule has 20 heavy (non-hydrogen) atoms. The molecule has 0 aliphatic carbocycles. The van der Waals surface area contributed by atoms with E-state index in [2.05, 4.69) is 57.2 Å². The second-order valence-electron chi connectivity index (χ2n) is 4.80. The first-order valence-electron chi connectivity index (χ1n) is 6.76. The first-order valence-corrected chi connectivity index (χ1v) is 8.25. The topological polar surface area (TPSA) is 36.5 Å². The highest BCUT2D eigenvalue weighted by Gasteiger charge is 2.09. The predicted molar refractivity (Wildman–Crippen MR) is 95.4 cm³/mol. The molecule has 1 fully saturated rings. The zero-order valence-electron chi connectivity index (χ0n) is 11.6. The van der Waals surface area contributed by atoms with Crippen LogP contribution in [0.25, 0.3) is 0 Å². The van der Waals surface area contributed by atoms with Gasteiger partial charge in [-0.3, -0.25) is 4.90 Å². The molecule has 1 aromatic rings. The van der Waals surface area contributed by atoms with E-state index in [4.69, 9.17) is 17.0 Å². The van der Waals surface area contributed by atoms with E-state index >= 15 is 0 Å². The van der Waals surface area contributed by atoms with E-state index in [0.717, 1.165) is 45.1 Å². The number of rotatable bonds is 4. The van der Waals surface area contributed by atoms with Gasteiger partial charge < -0.3 is 15.4 Å². The van der Waals surface area contributed by atoms with Crippen molar-refractivity contribution in [3.8, 4) is 0 Å². The summed E-state index contributed by atoms with van der Waals surface area (Å²) in [6.45, 7) is 7.65. The number of nitrogens with zero attached hydrogens (tertiary/aromatic N) is 1. The highest BCUT2D eigenvalue weighted by atomic mass is 127. The van der Waals surface area contributed by atoms with Gasteiger partial charge in [-0.25, -0.2) is 0 Å². The third-order valence-electron chi connectivity index (χ3n) is 3.23. The Morgan fingerprint density at radius 2 is 2.15 bits per heavy atom. The van der Waals surface area contributed by atoms with Crippen molar-refractivity contribution in [2.75, 3.05) is 44.7 Å². The molecule has 1 saturated heterocycles. The number of nitrogens with one attached hydrogen (secondary N) is 2. The Hall–Kier alpha value is -0.440. The molecule has 0 saturated carbocycles. The Labute approximate surface area is 139 Å². The monoisotopic (exact) mass is 405 g/mol. The van der Waals surface area contributed by atoms with E-state index in [1.54, 1.807) is 0 Å². The van der Waals surface area contributed by atoms with Crippen molar-refractivity contribution in [1.29, 1.82) is 0 Å². The van der Waals surface area contributed by atoms with Gasteiger partial charge >= 0.3 is 0 Å². The van der Waals surface area contributed by atoms with Crippen molar-refractivity contribution in [2.45, 2.75) is 6.92 Å². The van der Waals surface area contributed by atoms with Crippen LogP contribution >= 0.6 is 34.8 Å². The number of ether oxygens (including phenoxy) is 1. The summed E-state index contributed by atoms with van der Waals surface area (Å²) in [5.74, 6) is 0. The molecule has 1 aromatic carbocycles. The molecule has 0 spiro atoms.